The Kier molecular flexibility index (Phi) is 8.76. The highest BCUT2D eigenvalue weighted by Crippen LogP contribution is 2.39. The highest BCUT2D eigenvalue weighted by Gasteiger charge is 2.24. The van der Waals surface area contributed by atoms with Crippen LogP contribution >= 0.6 is 0 Å². The zero-order chi connectivity index (χ0) is 26.5. The SMILES string of the molecule is C=C/C(=C\C=C(/C(C)NC)C1CCCCc2cc(C)ccc2-c2cccc1c2)C1=C(F)CCC(C)=C1F. The third-order valence-corrected chi connectivity index (χ3v) is 7.93. The maximum atomic E-state index is 15.0. The largest absolute Gasteiger partial charge is 0.314 e. The van der Waals surface area contributed by atoms with Crippen molar-refractivity contribution in [2.45, 2.75) is 71.3 Å². The Hall–Kier alpha value is -3.04. The van der Waals surface area contributed by atoms with Gasteiger partial charge in [0.05, 0.1) is 0 Å². The Morgan fingerprint density at radius 1 is 1.03 bits per heavy atom. The van der Waals surface area contributed by atoms with E-state index in [0.717, 1.165) is 25.7 Å². The van der Waals surface area contributed by atoms with Crippen LogP contribution in [0.25, 0.3) is 11.1 Å². The van der Waals surface area contributed by atoms with Gasteiger partial charge in [-0.25, -0.2) is 8.78 Å². The number of nitrogens with one attached hydrogen (secondary N) is 1. The predicted octanol–water partition coefficient (Wildman–Crippen LogP) is 9.38. The first-order valence-corrected chi connectivity index (χ1v) is 13.5. The maximum Gasteiger partial charge on any atom is 0.132 e. The highest BCUT2D eigenvalue weighted by atomic mass is 19.1. The Morgan fingerprint density at radius 2 is 1.84 bits per heavy atom. The summed E-state index contributed by atoms with van der Waals surface area (Å²) in [6, 6.07) is 15.8. The molecule has 0 radical (unpaired) electrons. The van der Waals surface area contributed by atoms with E-state index in [9.17, 15) is 8.78 Å². The zero-order valence-corrected chi connectivity index (χ0v) is 22.6. The van der Waals surface area contributed by atoms with Crippen LogP contribution in [0.1, 0.15) is 68.6 Å². The summed E-state index contributed by atoms with van der Waals surface area (Å²) < 4.78 is 29.7. The average molecular weight is 500 g/mol. The lowest BCUT2D eigenvalue weighted by atomic mass is 9.80. The number of halogens is 2. The normalized spacial score (nSPS) is 20.0. The van der Waals surface area contributed by atoms with Crippen molar-refractivity contribution in [2.24, 2.45) is 0 Å². The Bertz CT molecular complexity index is 1290. The molecule has 1 N–H and O–H groups in total. The van der Waals surface area contributed by atoms with Gasteiger partial charge in [-0.1, -0.05) is 79.3 Å². The molecule has 2 aliphatic rings. The molecular weight excluding hydrogens is 460 g/mol. The topological polar surface area (TPSA) is 12.0 Å². The van der Waals surface area contributed by atoms with E-state index in [0.29, 0.717) is 17.6 Å². The molecule has 4 rings (SSSR count). The van der Waals surface area contributed by atoms with Crippen LogP contribution in [0.15, 0.2) is 101 Å². The van der Waals surface area contributed by atoms with Crippen molar-refractivity contribution < 1.29 is 8.78 Å². The van der Waals surface area contributed by atoms with Gasteiger partial charge in [-0.05, 0) is 92.5 Å². The molecule has 0 heterocycles. The highest BCUT2D eigenvalue weighted by molar-refractivity contribution is 5.69. The van der Waals surface area contributed by atoms with Crippen LogP contribution < -0.4 is 5.32 Å². The van der Waals surface area contributed by atoms with E-state index in [2.05, 4.69) is 74.3 Å². The van der Waals surface area contributed by atoms with Crippen LogP contribution in [-0.4, -0.2) is 13.1 Å². The van der Waals surface area contributed by atoms with Gasteiger partial charge in [-0.15, -0.1) is 0 Å². The zero-order valence-electron chi connectivity index (χ0n) is 22.6. The summed E-state index contributed by atoms with van der Waals surface area (Å²) in [7, 11) is 1.96. The molecule has 194 valence electrons. The monoisotopic (exact) mass is 499 g/mol. The van der Waals surface area contributed by atoms with E-state index >= 15 is 0 Å². The van der Waals surface area contributed by atoms with Crippen molar-refractivity contribution in [1.29, 1.82) is 0 Å². The Morgan fingerprint density at radius 3 is 2.59 bits per heavy atom. The molecule has 2 bridgehead atoms. The first kappa shape index (κ1) is 27.0. The van der Waals surface area contributed by atoms with Crippen molar-refractivity contribution in [3.63, 3.8) is 0 Å². The van der Waals surface area contributed by atoms with Gasteiger partial charge in [-0.3, -0.25) is 0 Å². The van der Waals surface area contributed by atoms with Crippen LogP contribution in [0.3, 0.4) is 0 Å². The van der Waals surface area contributed by atoms with E-state index < -0.39 is 11.7 Å². The minimum Gasteiger partial charge on any atom is -0.314 e. The van der Waals surface area contributed by atoms with Gasteiger partial charge >= 0.3 is 0 Å². The van der Waals surface area contributed by atoms with Gasteiger partial charge in [0.1, 0.15) is 11.7 Å². The van der Waals surface area contributed by atoms with Crippen molar-refractivity contribution in [2.75, 3.05) is 7.05 Å². The second-order valence-electron chi connectivity index (χ2n) is 10.5. The van der Waals surface area contributed by atoms with Crippen molar-refractivity contribution >= 4 is 0 Å². The molecule has 2 aromatic carbocycles. The van der Waals surface area contributed by atoms with E-state index in [4.69, 9.17) is 0 Å². The number of allylic oxidation sites excluding steroid dienone is 8. The summed E-state index contributed by atoms with van der Waals surface area (Å²) in [5.41, 5.74) is 8.91. The van der Waals surface area contributed by atoms with Crippen molar-refractivity contribution in [1.82, 2.24) is 5.32 Å². The fourth-order valence-corrected chi connectivity index (χ4v) is 5.64. The fraction of sp³-hybridized carbons (Fsp3) is 0.353. The minimum absolute atomic E-state index is 0.0614. The second kappa shape index (κ2) is 12.0. The summed E-state index contributed by atoms with van der Waals surface area (Å²) in [6.07, 6.45) is 10.4. The van der Waals surface area contributed by atoms with Crippen LogP contribution in [0.2, 0.25) is 0 Å². The van der Waals surface area contributed by atoms with Gasteiger partial charge in [0.15, 0.2) is 0 Å². The van der Waals surface area contributed by atoms with Gasteiger partial charge in [-0.2, -0.15) is 0 Å². The number of fused-ring (bicyclic) bond motifs is 4. The fourth-order valence-electron chi connectivity index (χ4n) is 5.64. The number of aryl methyl sites for hydroxylation is 2. The number of benzene rings is 2. The molecule has 2 atom stereocenters. The van der Waals surface area contributed by atoms with E-state index in [1.54, 1.807) is 13.0 Å². The van der Waals surface area contributed by atoms with Gasteiger partial charge < -0.3 is 5.32 Å². The molecule has 0 aliphatic heterocycles. The number of rotatable bonds is 6. The number of hydrogen-bond acceptors (Lipinski definition) is 1. The van der Waals surface area contributed by atoms with Crippen LogP contribution in [0, 0.1) is 6.92 Å². The van der Waals surface area contributed by atoms with E-state index in [1.807, 2.05) is 13.1 Å². The van der Waals surface area contributed by atoms with Crippen LogP contribution in [0.4, 0.5) is 8.78 Å². The molecule has 2 unspecified atom stereocenters. The summed E-state index contributed by atoms with van der Waals surface area (Å²) in [4.78, 5) is 0. The van der Waals surface area contributed by atoms with Crippen LogP contribution in [0.5, 0.6) is 0 Å². The van der Waals surface area contributed by atoms with E-state index in [-0.39, 0.29) is 24.0 Å². The second-order valence-corrected chi connectivity index (χ2v) is 10.5. The minimum atomic E-state index is -0.452. The standard InChI is InChI=1S/C34H39F2N/c1-6-25(33-32(35)19-15-23(3)34(33)36)16-18-29(24(4)37-5)31-13-8-7-10-26-20-22(2)14-17-30(26)27-11-9-12-28(31)21-27/h6,9,11-12,14,16-18,20-21,24,31,37H,1,7-8,10,13,15,19H2,2-5H3/b25-16+,29-18+. The number of hydrogen-bond donors (Lipinski definition) is 1. The van der Waals surface area contributed by atoms with Crippen LogP contribution in [-0.2, 0) is 6.42 Å². The third kappa shape index (κ3) is 5.93. The summed E-state index contributed by atoms with van der Waals surface area (Å²) in [5, 5.41) is 3.41. The molecule has 0 spiro atoms. The smallest absolute Gasteiger partial charge is 0.132 e. The molecule has 0 amide bonds. The van der Waals surface area contributed by atoms with Gasteiger partial charge in [0, 0.05) is 24.0 Å². The molecule has 0 aromatic heterocycles. The lowest BCUT2D eigenvalue weighted by Gasteiger charge is -2.27. The average Bonchev–Trinajstić information content (AvgIpc) is 2.90. The lowest BCUT2D eigenvalue weighted by Crippen LogP contribution is -2.27. The molecule has 3 heteroatoms. The lowest BCUT2D eigenvalue weighted by molar-refractivity contribution is 0.534. The Labute approximate surface area is 221 Å². The third-order valence-electron chi connectivity index (χ3n) is 7.93. The Balaban J connectivity index is 1.80. The molecule has 0 fully saturated rings. The molecule has 2 aromatic rings. The first-order chi connectivity index (χ1) is 17.8. The van der Waals surface area contributed by atoms with E-state index in [1.165, 1.54) is 33.4 Å². The number of likely N-dealkylation sites (N-methyl/N-ethyl adjacent to an activating group) is 1. The molecule has 37 heavy (non-hydrogen) atoms. The summed E-state index contributed by atoms with van der Waals surface area (Å²) in [5.74, 6) is -0.651. The summed E-state index contributed by atoms with van der Waals surface area (Å²) in [6.45, 7) is 9.93. The molecular formula is C34H39F2N. The first-order valence-electron chi connectivity index (χ1n) is 13.5. The summed E-state index contributed by atoms with van der Waals surface area (Å²) >= 11 is 0. The molecule has 1 nitrogen and oxygen atoms in total. The molecule has 0 saturated carbocycles. The van der Waals surface area contributed by atoms with Gasteiger partial charge in [0.2, 0.25) is 0 Å². The quantitative estimate of drug-likeness (QED) is 0.390. The molecule has 2 aliphatic carbocycles. The maximum absolute atomic E-state index is 15.0. The predicted molar refractivity (Wildman–Crippen MR) is 153 cm³/mol. The molecule has 0 saturated heterocycles. The van der Waals surface area contributed by atoms with Crippen molar-refractivity contribution in [3.05, 3.63) is 118 Å². The van der Waals surface area contributed by atoms with Gasteiger partial charge in [0.25, 0.3) is 0 Å². The van der Waals surface area contributed by atoms with Crippen molar-refractivity contribution in [3.8, 4) is 11.1 Å².